The Morgan fingerprint density at radius 3 is 1.68 bits per heavy atom. The largest absolute Gasteiger partial charge is 0.528 e. The molecule has 2 N–H and O–H groups in total. The third-order valence-electron chi connectivity index (χ3n) is 3.73. The molecule has 1 aliphatic heterocycles. The highest BCUT2D eigenvalue weighted by Gasteiger charge is 2.40. The lowest BCUT2D eigenvalue weighted by Crippen LogP contribution is -3.04. The Bertz CT molecular complexity index is 518. The molecule has 2 aromatic carbocycles. The van der Waals surface area contributed by atoms with Gasteiger partial charge in [-0.25, -0.2) is 0 Å². The fourth-order valence-corrected chi connectivity index (χ4v) is 3.03. The predicted molar refractivity (Wildman–Crippen MR) is 80.7 cm³/mol. The smallest absolute Gasteiger partial charge is 0.388 e. The molecule has 0 amide bonds. The van der Waals surface area contributed by atoms with Gasteiger partial charge in [0, 0.05) is 10.0 Å². The first-order chi connectivity index (χ1) is 9.21. The van der Waals surface area contributed by atoms with Crippen molar-refractivity contribution in [3.8, 4) is 0 Å². The highest BCUT2D eigenvalue weighted by atomic mass is 35.5. The molecule has 1 fully saturated rings. The van der Waals surface area contributed by atoms with Crippen LogP contribution in [0.2, 0.25) is 10.0 Å². The fraction of sp³-hybridized carbons (Fsp3) is 0.143. The minimum atomic E-state index is -1.24. The molecular formula is C14H14BCl2NO. The standard InChI is InChI=1S/C14H14BCl2NO/c16-13-5-1-11(2-6-13)15(18-9-10-19-15)12-3-7-14(17)8-4-12/h1-8H,9-10,18H2. The van der Waals surface area contributed by atoms with E-state index in [1.54, 1.807) is 0 Å². The first-order valence-corrected chi connectivity index (χ1v) is 7.12. The average Bonchev–Trinajstić information content (AvgIpc) is 2.91. The van der Waals surface area contributed by atoms with Crippen LogP contribution < -0.4 is 16.2 Å². The van der Waals surface area contributed by atoms with Crippen molar-refractivity contribution in [2.45, 2.75) is 0 Å². The average molecular weight is 294 g/mol. The molecule has 1 aliphatic rings. The predicted octanol–water partition coefficient (Wildman–Crippen LogP) is 1.14. The lowest BCUT2D eigenvalue weighted by atomic mass is 9.42. The maximum absolute atomic E-state index is 6.11. The summed E-state index contributed by atoms with van der Waals surface area (Å²) in [5.41, 5.74) is 2.31. The highest BCUT2D eigenvalue weighted by Crippen LogP contribution is 2.10. The summed E-state index contributed by atoms with van der Waals surface area (Å²) in [5.74, 6) is 0. The molecule has 19 heavy (non-hydrogen) atoms. The van der Waals surface area contributed by atoms with Crippen LogP contribution in [0.1, 0.15) is 0 Å². The summed E-state index contributed by atoms with van der Waals surface area (Å²) in [5, 5.41) is 3.75. The second kappa shape index (κ2) is 5.18. The first-order valence-electron chi connectivity index (χ1n) is 6.36. The van der Waals surface area contributed by atoms with Gasteiger partial charge in [-0.2, -0.15) is 0 Å². The lowest BCUT2D eigenvalue weighted by Gasteiger charge is -2.31. The minimum Gasteiger partial charge on any atom is -0.528 e. The Balaban J connectivity index is 2.08. The van der Waals surface area contributed by atoms with E-state index in [0.29, 0.717) is 0 Å². The number of halogens is 2. The SMILES string of the molecule is Clc1ccc([B-]2(c3ccc(Cl)cc3)[NH2+]CCO2)cc1. The molecule has 0 aliphatic carbocycles. The van der Waals surface area contributed by atoms with Crippen molar-refractivity contribution in [1.29, 1.82) is 0 Å². The number of hydrogen-bond donors (Lipinski definition) is 1. The number of benzene rings is 2. The monoisotopic (exact) mass is 293 g/mol. The fourth-order valence-electron chi connectivity index (χ4n) is 2.78. The molecule has 0 spiro atoms. The van der Waals surface area contributed by atoms with Crippen molar-refractivity contribution in [2.24, 2.45) is 0 Å². The van der Waals surface area contributed by atoms with Crippen LogP contribution in [0.5, 0.6) is 0 Å². The Hall–Kier alpha value is -0.995. The van der Waals surface area contributed by atoms with Crippen LogP contribution in [0, 0.1) is 0 Å². The van der Waals surface area contributed by atoms with Gasteiger partial charge in [-0.3, -0.25) is 0 Å². The molecule has 5 heteroatoms. The zero-order valence-corrected chi connectivity index (χ0v) is 11.9. The quantitative estimate of drug-likeness (QED) is 0.826. The van der Waals surface area contributed by atoms with E-state index in [1.165, 1.54) is 0 Å². The van der Waals surface area contributed by atoms with Gasteiger partial charge in [0.15, 0.2) is 0 Å². The third-order valence-corrected chi connectivity index (χ3v) is 4.23. The second-order valence-corrected chi connectivity index (χ2v) is 5.72. The summed E-state index contributed by atoms with van der Waals surface area (Å²) in [6.07, 6.45) is 0. The van der Waals surface area contributed by atoms with Crippen LogP contribution >= 0.6 is 23.2 Å². The van der Waals surface area contributed by atoms with Crippen molar-refractivity contribution in [3.05, 3.63) is 58.6 Å². The Kier molecular flexibility index (Phi) is 3.55. The van der Waals surface area contributed by atoms with Crippen LogP contribution in [0.25, 0.3) is 0 Å². The van der Waals surface area contributed by atoms with Crippen molar-refractivity contribution in [2.75, 3.05) is 13.2 Å². The van der Waals surface area contributed by atoms with E-state index in [-0.39, 0.29) is 0 Å². The lowest BCUT2D eigenvalue weighted by molar-refractivity contribution is -0.514. The van der Waals surface area contributed by atoms with E-state index in [1.807, 2.05) is 48.5 Å². The van der Waals surface area contributed by atoms with Crippen molar-refractivity contribution < 1.29 is 9.88 Å². The maximum Gasteiger partial charge on any atom is 0.388 e. The normalized spacial score (nSPS) is 17.6. The van der Waals surface area contributed by atoms with E-state index < -0.39 is 6.48 Å². The molecule has 3 rings (SSSR count). The number of rotatable bonds is 2. The summed E-state index contributed by atoms with van der Waals surface area (Å²) in [4.78, 5) is 0. The molecule has 0 saturated carbocycles. The molecule has 2 aromatic rings. The van der Waals surface area contributed by atoms with Crippen LogP contribution in [-0.4, -0.2) is 19.6 Å². The van der Waals surface area contributed by atoms with Crippen LogP contribution in [-0.2, 0) is 4.65 Å². The van der Waals surface area contributed by atoms with Crippen molar-refractivity contribution >= 4 is 40.6 Å². The minimum absolute atomic E-state index is 0.740. The van der Waals surface area contributed by atoms with Crippen molar-refractivity contribution in [3.63, 3.8) is 0 Å². The molecule has 98 valence electrons. The van der Waals surface area contributed by atoms with Gasteiger partial charge in [0.25, 0.3) is 0 Å². The van der Waals surface area contributed by atoms with Crippen LogP contribution in [0.4, 0.5) is 0 Å². The van der Waals surface area contributed by atoms with E-state index in [2.05, 4.69) is 5.23 Å². The molecule has 0 radical (unpaired) electrons. The Labute approximate surface area is 122 Å². The second-order valence-electron chi connectivity index (χ2n) is 4.85. The molecule has 1 heterocycles. The third kappa shape index (κ3) is 2.39. The van der Waals surface area contributed by atoms with E-state index >= 15 is 0 Å². The van der Waals surface area contributed by atoms with E-state index in [0.717, 1.165) is 34.1 Å². The molecule has 2 nitrogen and oxygen atoms in total. The van der Waals surface area contributed by atoms with Gasteiger partial charge in [-0.15, -0.1) is 10.9 Å². The van der Waals surface area contributed by atoms with E-state index in [9.17, 15) is 0 Å². The molecule has 0 bridgehead atoms. The molecule has 0 unspecified atom stereocenters. The topological polar surface area (TPSA) is 25.8 Å². The molecular weight excluding hydrogens is 280 g/mol. The van der Waals surface area contributed by atoms with Gasteiger partial charge in [0.2, 0.25) is 0 Å². The van der Waals surface area contributed by atoms with Gasteiger partial charge >= 0.3 is 6.48 Å². The van der Waals surface area contributed by atoms with Gasteiger partial charge in [-0.05, 0) is 24.3 Å². The molecule has 0 atom stereocenters. The van der Waals surface area contributed by atoms with Crippen LogP contribution in [0.3, 0.4) is 0 Å². The molecule has 0 aromatic heterocycles. The van der Waals surface area contributed by atoms with Gasteiger partial charge in [-0.1, -0.05) is 47.5 Å². The van der Waals surface area contributed by atoms with Gasteiger partial charge in [0.1, 0.15) is 0 Å². The summed E-state index contributed by atoms with van der Waals surface area (Å²) < 4.78 is 6.11. The zero-order valence-electron chi connectivity index (χ0n) is 10.4. The maximum atomic E-state index is 6.11. The first kappa shape index (κ1) is 13.0. The van der Waals surface area contributed by atoms with Gasteiger partial charge < -0.3 is 9.88 Å². The summed E-state index contributed by atoms with van der Waals surface area (Å²) in [7, 11) is 0. The summed E-state index contributed by atoms with van der Waals surface area (Å²) in [6, 6.07) is 15.8. The number of nitrogens with two attached hydrogens (primary N) is 1. The van der Waals surface area contributed by atoms with Crippen LogP contribution in [0.15, 0.2) is 48.5 Å². The van der Waals surface area contributed by atoms with E-state index in [4.69, 9.17) is 27.9 Å². The Morgan fingerprint density at radius 1 is 0.842 bits per heavy atom. The number of quaternary nitrogens is 1. The summed E-state index contributed by atoms with van der Waals surface area (Å²) in [6.45, 7) is 0.479. The number of hydrogen-bond acceptors (Lipinski definition) is 1. The molecule has 1 saturated heterocycles. The van der Waals surface area contributed by atoms with Crippen molar-refractivity contribution in [1.82, 2.24) is 0 Å². The highest BCUT2D eigenvalue weighted by molar-refractivity contribution is 6.90. The zero-order chi connectivity index (χ0) is 13.3. The summed E-state index contributed by atoms with van der Waals surface area (Å²) >= 11 is 11.9. The van der Waals surface area contributed by atoms with Gasteiger partial charge in [0.05, 0.1) is 13.2 Å². The Morgan fingerprint density at radius 2 is 1.32 bits per heavy atom.